The van der Waals surface area contributed by atoms with E-state index in [9.17, 15) is 10.1 Å². The molecule has 0 fully saturated rings. The quantitative estimate of drug-likeness (QED) is 0.523. The number of aryl methyl sites for hydroxylation is 1. The normalized spacial score (nSPS) is 10.3. The summed E-state index contributed by atoms with van der Waals surface area (Å²) in [6.45, 7) is 4.81. The molecular formula is C15H17N3O2. The molecule has 0 aliphatic carbocycles. The number of nitrogen functional groups attached to an aromatic ring is 1. The van der Waals surface area contributed by atoms with Crippen molar-refractivity contribution in [3.63, 3.8) is 0 Å². The van der Waals surface area contributed by atoms with E-state index in [1.165, 1.54) is 6.07 Å². The number of nitrogens with two attached hydrogens (primary N) is 1. The third-order valence-electron chi connectivity index (χ3n) is 3.15. The Morgan fingerprint density at radius 2 is 1.90 bits per heavy atom. The lowest BCUT2D eigenvalue weighted by Gasteiger charge is -2.24. The molecule has 0 aromatic heterocycles. The highest BCUT2D eigenvalue weighted by atomic mass is 16.6. The molecule has 2 rings (SSSR count). The molecule has 0 heterocycles. The lowest BCUT2D eigenvalue weighted by molar-refractivity contribution is -0.383. The summed E-state index contributed by atoms with van der Waals surface area (Å²) in [5, 5.41) is 10.8. The minimum atomic E-state index is -0.470. The molecule has 0 aliphatic rings. The highest BCUT2D eigenvalue weighted by Gasteiger charge is 2.14. The first kappa shape index (κ1) is 13.9. The second-order valence-electron chi connectivity index (χ2n) is 4.58. The average molecular weight is 271 g/mol. The van der Waals surface area contributed by atoms with Crippen LogP contribution in [0, 0.1) is 17.0 Å². The Morgan fingerprint density at radius 1 is 1.20 bits per heavy atom. The van der Waals surface area contributed by atoms with E-state index in [1.807, 2.05) is 32.0 Å². The molecule has 104 valence electrons. The number of benzene rings is 2. The number of nitro groups is 1. The standard InChI is InChI=1S/C15H17N3O2/c1-3-17(12-6-4-5-11(2)9-12)13-7-8-15(18(19)20)14(16)10-13/h4-10H,3,16H2,1-2H3. The summed E-state index contributed by atoms with van der Waals surface area (Å²) in [5.41, 5.74) is 8.93. The van der Waals surface area contributed by atoms with E-state index < -0.39 is 4.92 Å². The molecule has 5 nitrogen and oxygen atoms in total. The fourth-order valence-corrected chi connectivity index (χ4v) is 2.19. The molecule has 0 saturated carbocycles. The largest absolute Gasteiger partial charge is 0.393 e. The van der Waals surface area contributed by atoms with Gasteiger partial charge in [0.15, 0.2) is 0 Å². The van der Waals surface area contributed by atoms with Crippen molar-refractivity contribution < 1.29 is 4.92 Å². The summed E-state index contributed by atoms with van der Waals surface area (Å²) in [5.74, 6) is 0. The maximum absolute atomic E-state index is 10.8. The summed E-state index contributed by atoms with van der Waals surface area (Å²) in [7, 11) is 0. The highest BCUT2D eigenvalue weighted by molar-refractivity contribution is 5.71. The second kappa shape index (κ2) is 5.61. The van der Waals surface area contributed by atoms with Crippen LogP contribution < -0.4 is 10.6 Å². The lowest BCUT2D eigenvalue weighted by atomic mass is 10.1. The Bertz CT molecular complexity index is 641. The van der Waals surface area contributed by atoms with Gasteiger partial charge >= 0.3 is 0 Å². The fraction of sp³-hybridized carbons (Fsp3) is 0.200. The zero-order chi connectivity index (χ0) is 14.7. The van der Waals surface area contributed by atoms with Crippen LogP contribution in [0.2, 0.25) is 0 Å². The van der Waals surface area contributed by atoms with Crippen molar-refractivity contribution >= 4 is 22.7 Å². The number of nitro benzene ring substituents is 1. The summed E-state index contributed by atoms with van der Waals surface area (Å²) >= 11 is 0. The smallest absolute Gasteiger partial charge is 0.292 e. The van der Waals surface area contributed by atoms with Gasteiger partial charge in [-0.15, -0.1) is 0 Å². The van der Waals surface area contributed by atoms with Crippen LogP contribution in [0.3, 0.4) is 0 Å². The summed E-state index contributed by atoms with van der Waals surface area (Å²) < 4.78 is 0. The zero-order valence-electron chi connectivity index (χ0n) is 11.5. The van der Waals surface area contributed by atoms with Gasteiger partial charge in [-0.3, -0.25) is 10.1 Å². The minimum absolute atomic E-state index is 0.0611. The Kier molecular flexibility index (Phi) is 3.89. The molecule has 0 saturated heterocycles. The Morgan fingerprint density at radius 3 is 2.45 bits per heavy atom. The van der Waals surface area contributed by atoms with Gasteiger partial charge in [0.1, 0.15) is 5.69 Å². The molecule has 20 heavy (non-hydrogen) atoms. The molecule has 0 radical (unpaired) electrons. The number of hydrogen-bond donors (Lipinski definition) is 1. The van der Waals surface area contributed by atoms with Gasteiger partial charge in [0, 0.05) is 24.0 Å². The summed E-state index contributed by atoms with van der Waals surface area (Å²) in [4.78, 5) is 12.4. The van der Waals surface area contributed by atoms with Crippen LogP contribution in [0.4, 0.5) is 22.7 Å². The molecule has 0 atom stereocenters. The molecule has 2 aromatic rings. The Balaban J connectivity index is 2.42. The van der Waals surface area contributed by atoms with E-state index in [1.54, 1.807) is 12.1 Å². The van der Waals surface area contributed by atoms with Gasteiger partial charge in [0.2, 0.25) is 0 Å². The topological polar surface area (TPSA) is 72.4 Å². The van der Waals surface area contributed by atoms with Crippen LogP contribution in [0.15, 0.2) is 42.5 Å². The predicted molar refractivity (Wildman–Crippen MR) is 81.4 cm³/mol. The first-order valence-corrected chi connectivity index (χ1v) is 6.41. The van der Waals surface area contributed by atoms with Crippen molar-refractivity contribution in [3.05, 3.63) is 58.1 Å². The Hall–Kier alpha value is -2.56. The van der Waals surface area contributed by atoms with Gasteiger partial charge in [-0.1, -0.05) is 12.1 Å². The van der Waals surface area contributed by atoms with Gasteiger partial charge in [0.05, 0.1) is 4.92 Å². The molecule has 0 aliphatic heterocycles. The molecule has 5 heteroatoms. The number of anilines is 3. The van der Waals surface area contributed by atoms with Crippen molar-refractivity contribution in [2.24, 2.45) is 0 Å². The third kappa shape index (κ3) is 2.71. The van der Waals surface area contributed by atoms with Gasteiger partial charge in [0.25, 0.3) is 5.69 Å². The molecule has 0 bridgehead atoms. The van der Waals surface area contributed by atoms with E-state index in [4.69, 9.17) is 5.73 Å². The SMILES string of the molecule is CCN(c1cccc(C)c1)c1ccc([N+](=O)[O-])c(N)c1. The molecule has 2 aromatic carbocycles. The van der Waals surface area contributed by atoms with Gasteiger partial charge in [-0.2, -0.15) is 0 Å². The van der Waals surface area contributed by atoms with E-state index in [0.717, 1.165) is 23.5 Å². The predicted octanol–water partition coefficient (Wildman–Crippen LogP) is 3.64. The van der Waals surface area contributed by atoms with Crippen molar-refractivity contribution in [1.82, 2.24) is 0 Å². The molecular weight excluding hydrogens is 254 g/mol. The van der Waals surface area contributed by atoms with Crippen LogP contribution in [-0.2, 0) is 0 Å². The highest BCUT2D eigenvalue weighted by Crippen LogP contribution is 2.31. The third-order valence-corrected chi connectivity index (χ3v) is 3.15. The van der Waals surface area contributed by atoms with Gasteiger partial charge < -0.3 is 10.6 Å². The average Bonchev–Trinajstić information content (AvgIpc) is 2.39. The van der Waals surface area contributed by atoms with Crippen molar-refractivity contribution in [3.8, 4) is 0 Å². The van der Waals surface area contributed by atoms with Crippen molar-refractivity contribution in [2.45, 2.75) is 13.8 Å². The number of hydrogen-bond acceptors (Lipinski definition) is 4. The van der Waals surface area contributed by atoms with Gasteiger partial charge in [-0.05, 0) is 43.7 Å². The fourth-order valence-electron chi connectivity index (χ4n) is 2.19. The summed E-state index contributed by atoms with van der Waals surface area (Å²) in [6.07, 6.45) is 0. The molecule has 2 N–H and O–H groups in total. The number of rotatable bonds is 4. The minimum Gasteiger partial charge on any atom is -0.393 e. The monoisotopic (exact) mass is 271 g/mol. The lowest BCUT2D eigenvalue weighted by Crippen LogP contribution is -2.16. The van der Waals surface area contributed by atoms with Crippen LogP contribution in [0.25, 0.3) is 0 Å². The second-order valence-corrected chi connectivity index (χ2v) is 4.58. The first-order chi connectivity index (χ1) is 9.52. The molecule has 0 spiro atoms. The first-order valence-electron chi connectivity index (χ1n) is 6.41. The van der Waals surface area contributed by atoms with Crippen LogP contribution in [0.5, 0.6) is 0 Å². The molecule has 0 unspecified atom stereocenters. The van der Waals surface area contributed by atoms with Crippen molar-refractivity contribution in [1.29, 1.82) is 0 Å². The van der Waals surface area contributed by atoms with Crippen LogP contribution >= 0.6 is 0 Å². The van der Waals surface area contributed by atoms with Crippen LogP contribution in [0.1, 0.15) is 12.5 Å². The maximum atomic E-state index is 10.8. The zero-order valence-corrected chi connectivity index (χ0v) is 11.5. The Labute approximate surface area is 117 Å². The van der Waals surface area contributed by atoms with E-state index in [2.05, 4.69) is 11.0 Å². The molecule has 0 amide bonds. The van der Waals surface area contributed by atoms with Crippen LogP contribution in [-0.4, -0.2) is 11.5 Å². The van der Waals surface area contributed by atoms with Gasteiger partial charge in [-0.25, -0.2) is 0 Å². The van der Waals surface area contributed by atoms with E-state index in [0.29, 0.717) is 0 Å². The summed E-state index contributed by atoms with van der Waals surface area (Å²) in [6, 6.07) is 12.9. The van der Waals surface area contributed by atoms with E-state index in [-0.39, 0.29) is 11.4 Å². The maximum Gasteiger partial charge on any atom is 0.292 e. The van der Waals surface area contributed by atoms with E-state index >= 15 is 0 Å². The van der Waals surface area contributed by atoms with Crippen molar-refractivity contribution in [2.75, 3.05) is 17.2 Å². The number of nitrogens with zero attached hydrogens (tertiary/aromatic N) is 2.